The molecule has 1 atom stereocenters. The molecule has 1 heterocycles. The van der Waals surface area contributed by atoms with Crippen molar-refractivity contribution in [3.63, 3.8) is 0 Å². The minimum Gasteiger partial charge on any atom is -0.468 e. The first-order valence-electron chi connectivity index (χ1n) is 8.07. The molecule has 1 aliphatic heterocycles. The highest BCUT2D eigenvalue weighted by molar-refractivity contribution is 5.80. The number of carbonyl (C=O) groups is 1. The highest BCUT2D eigenvalue weighted by Crippen LogP contribution is 2.19. The number of unbranched alkanes of at least 4 members (excludes halogenated alkanes) is 1. The second kappa shape index (κ2) is 8.63. The van der Waals surface area contributed by atoms with Gasteiger partial charge >= 0.3 is 5.97 Å². The lowest BCUT2D eigenvalue weighted by molar-refractivity contribution is -0.148. The number of hydrogen-bond donors (Lipinski definition) is 1. The van der Waals surface area contributed by atoms with Crippen molar-refractivity contribution in [2.45, 2.75) is 58.4 Å². The number of esters is 1. The summed E-state index contributed by atoms with van der Waals surface area (Å²) in [5, 5.41) is 3.27. The fraction of sp³-hybridized carbons (Fsp3) is 0.938. The van der Waals surface area contributed by atoms with Gasteiger partial charge in [0.2, 0.25) is 0 Å². The number of methoxy groups -OCH3 is 1. The van der Waals surface area contributed by atoms with Crippen LogP contribution in [0.1, 0.15) is 52.9 Å². The van der Waals surface area contributed by atoms with Crippen molar-refractivity contribution in [2.75, 3.05) is 33.3 Å². The molecule has 0 saturated carbocycles. The third kappa shape index (κ3) is 5.41. The summed E-state index contributed by atoms with van der Waals surface area (Å²) in [6.45, 7) is 10.7. The third-order valence-electron chi connectivity index (χ3n) is 4.48. The topological polar surface area (TPSA) is 41.6 Å². The van der Waals surface area contributed by atoms with Gasteiger partial charge in [0.1, 0.15) is 5.54 Å². The molecule has 0 amide bonds. The van der Waals surface area contributed by atoms with Crippen LogP contribution in [-0.2, 0) is 9.53 Å². The van der Waals surface area contributed by atoms with Crippen molar-refractivity contribution < 1.29 is 9.53 Å². The minimum atomic E-state index is -0.528. The number of rotatable bonds is 8. The average Bonchev–Trinajstić information content (AvgIpc) is 2.45. The van der Waals surface area contributed by atoms with Crippen LogP contribution in [-0.4, -0.2) is 49.7 Å². The van der Waals surface area contributed by atoms with Crippen LogP contribution in [0.4, 0.5) is 0 Å². The third-order valence-corrected chi connectivity index (χ3v) is 4.48. The van der Waals surface area contributed by atoms with Gasteiger partial charge in [-0.1, -0.05) is 13.8 Å². The molecule has 1 N–H and O–H groups in total. The highest BCUT2D eigenvalue weighted by atomic mass is 16.5. The number of piperidine rings is 1. The maximum Gasteiger partial charge on any atom is 0.325 e. The van der Waals surface area contributed by atoms with Crippen LogP contribution in [0.15, 0.2) is 0 Å². The number of hydrogen-bond acceptors (Lipinski definition) is 4. The predicted molar refractivity (Wildman–Crippen MR) is 82.8 cm³/mol. The zero-order valence-electron chi connectivity index (χ0n) is 13.7. The van der Waals surface area contributed by atoms with Crippen LogP contribution in [0.2, 0.25) is 0 Å². The van der Waals surface area contributed by atoms with Crippen molar-refractivity contribution in [3.05, 3.63) is 0 Å². The zero-order valence-corrected chi connectivity index (χ0v) is 13.7. The number of nitrogens with zero attached hydrogens (tertiary/aromatic N) is 1. The lowest BCUT2D eigenvalue weighted by atomic mass is 9.94. The molecule has 0 aliphatic carbocycles. The van der Waals surface area contributed by atoms with Crippen LogP contribution in [0.3, 0.4) is 0 Å². The Hall–Kier alpha value is -0.610. The predicted octanol–water partition coefficient (Wildman–Crippen LogP) is 2.43. The first kappa shape index (κ1) is 17.4. The molecule has 0 spiro atoms. The van der Waals surface area contributed by atoms with E-state index in [0.717, 1.165) is 38.3 Å². The van der Waals surface area contributed by atoms with Crippen LogP contribution in [0, 0.1) is 5.92 Å². The summed E-state index contributed by atoms with van der Waals surface area (Å²) in [7, 11) is 1.47. The first-order chi connectivity index (χ1) is 9.51. The Morgan fingerprint density at radius 1 is 1.35 bits per heavy atom. The standard InChI is InChI=1S/C16H32N2O2/c1-5-17-16(3,15(19)20-4)10-6-7-11-18-12-8-14(2)9-13-18/h14,17H,5-13H2,1-4H3. The number of likely N-dealkylation sites (tertiary alicyclic amines) is 1. The van der Waals surface area contributed by atoms with Gasteiger partial charge in [-0.25, -0.2) is 0 Å². The maximum absolute atomic E-state index is 11.9. The summed E-state index contributed by atoms with van der Waals surface area (Å²) in [6.07, 6.45) is 5.73. The van der Waals surface area contributed by atoms with E-state index in [9.17, 15) is 4.79 Å². The number of ether oxygens (including phenoxy) is 1. The van der Waals surface area contributed by atoms with Gasteiger partial charge in [-0.2, -0.15) is 0 Å². The van der Waals surface area contributed by atoms with Gasteiger partial charge in [-0.3, -0.25) is 4.79 Å². The zero-order chi connectivity index (χ0) is 15.0. The largest absolute Gasteiger partial charge is 0.468 e. The SMILES string of the molecule is CCNC(C)(CCCCN1CCC(C)CC1)C(=O)OC. The Kier molecular flexibility index (Phi) is 7.52. The van der Waals surface area contributed by atoms with E-state index in [1.165, 1.54) is 33.0 Å². The van der Waals surface area contributed by atoms with Gasteiger partial charge in [0, 0.05) is 0 Å². The van der Waals surface area contributed by atoms with Crippen molar-refractivity contribution >= 4 is 5.97 Å². The monoisotopic (exact) mass is 284 g/mol. The number of carbonyl (C=O) groups excluding carboxylic acids is 1. The van der Waals surface area contributed by atoms with Crippen molar-refractivity contribution in [1.82, 2.24) is 10.2 Å². The normalized spacial score (nSPS) is 20.6. The lowest BCUT2D eigenvalue weighted by Gasteiger charge is -2.31. The molecule has 0 radical (unpaired) electrons. The molecule has 0 aromatic carbocycles. The Bertz CT molecular complexity index is 288. The molecule has 0 aromatic rings. The Balaban J connectivity index is 2.25. The summed E-state index contributed by atoms with van der Waals surface area (Å²) in [5.41, 5.74) is -0.528. The van der Waals surface area contributed by atoms with E-state index in [2.05, 4.69) is 17.1 Å². The van der Waals surface area contributed by atoms with Crippen LogP contribution < -0.4 is 5.32 Å². The van der Waals surface area contributed by atoms with Crippen molar-refractivity contribution in [3.8, 4) is 0 Å². The molecule has 4 heteroatoms. The van der Waals surface area contributed by atoms with Gasteiger partial charge in [0.05, 0.1) is 7.11 Å². The Morgan fingerprint density at radius 3 is 2.55 bits per heavy atom. The molecular weight excluding hydrogens is 252 g/mol. The first-order valence-corrected chi connectivity index (χ1v) is 8.07. The molecule has 1 unspecified atom stereocenters. The van der Waals surface area contributed by atoms with E-state index >= 15 is 0 Å². The van der Waals surface area contributed by atoms with Gasteiger partial charge < -0.3 is 15.0 Å². The highest BCUT2D eigenvalue weighted by Gasteiger charge is 2.32. The van der Waals surface area contributed by atoms with Crippen molar-refractivity contribution in [2.24, 2.45) is 5.92 Å². The molecule has 1 saturated heterocycles. The summed E-state index contributed by atoms with van der Waals surface area (Å²) in [5.74, 6) is 0.744. The number of nitrogens with one attached hydrogen (secondary N) is 1. The van der Waals surface area contributed by atoms with Crippen molar-refractivity contribution in [1.29, 1.82) is 0 Å². The smallest absolute Gasteiger partial charge is 0.325 e. The van der Waals surface area contributed by atoms with E-state index in [4.69, 9.17) is 4.74 Å². The minimum absolute atomic E-state index is 0.147. The molecule has 1 rings (SSSR count). The summed E-state index contributed by atoms with van der Waals surface area (Å²) in [4.78, 5) is 14.4. The molecule has 0 aromatic heterocycles. The summed E-state index contributed by atoms with van der Waals surface area (Å²) >= 11 is 0. The summed E-state index contributed by atoms with van der Waals surface area (Å²) < 4.78 is 4.91. The molecule has 4 nitrogen and oxygen atoms in total. The van der Waals surface area contributed by atoms with E-state index in [-0.39, 0.29) is 5.97 Å². The Morgan fingerprint density at radius 2 is 2.00 bits per heavy atom. The van der Waals surface area contributed by atoms with Gasteiger partial charge in [0.15, 0.2) is 0 Å². The van der Waals surface area contributed by atoms with E-state index in [1.807, 2.05) is 13.8 Å². The fourth-order valence-corrected chi connectivity index (χ4v) is 2.98. The van der Waals surface area contributed by atoms with Gasteiger partial charge in [0.25, 0.3) is 0 Å². The second-order valence-corrected chi connectivity index (χ2v) is 6.34. The molecule has 1 aliphatic rings. The quantitative estimate of drug-likeness (QED) is 0.549. The number of likely N-dealkylation sites (N-methyl/N-ethyl adjacent to an activating group) is 1. The molecular formula is C16H32N2O2. The van der Waals surface area contributed by atoms with E-state index in [0.29, 0.717) is 0 Å². The summed E-state index contributed by atoms with van der Waals surface area (Å²) in [6, 6.07) is 0. The molecule has 0 bridgehead atoms. The average molecular weight is 284 g/mol. The van der Waals surface area contributed by atoms with Crippen LogP contribution >= 0.6 is 0 Å². The van der Waals surface area contributed by atoms with E-state index < -0.39 is 5.54 Å². The molecule has 20 heavy (non-hydrogen) atoms. The maximum atomic E-state index is 11.9. The van der Waals surface area contributed by atoms with Crippen LogP contribution in [0.25, 0.3) is 0 Å². The Labute approximate surface area is 124 Å². The second-order valence-electron chi connectivity index (χ2n) is 6.34. The van der Waals surface area contributed by atoms with Gasteiger partial charge in [-0.15, -0.1) is 0 Å². The molecule has 118 valence electrons. The molecule has 1 fully saturated rings. The van der Waals surface area contributed by atoms with Crippen LogP contribution in [0.5, 0.6) is 0 Å². The lowest BCUT2D eigenvalue weighted by Crippen LogP contribution is -2.50. The fourth-order valence-electron chi connectivity index (χ4n) is 2.98. The van der Waals surface area contributed by atoms with E-state index in [1.54, 1.807) is 0 Å². The van der Waals surface area contributed by atoms with Gasteiger partial charge in [-0.05, 0) is 71.1 Å².